The van der Waals surface area contributed by atoms with Gasteiger partial charge in [0.1, 0.15) is 17.3 Å². The van der Waals surface area contributed by atoms with Crippen molar-refractivity contribution in [2.45, 2.75) is 6.04 Å². The van der Waals surface area contributed by atoms with Crippen LogP contribution < -0.4 is 9.47 Å². The standard InChI is InChI=1S/C23H24N2O9/c1-32-16-7-8-18(33-2)17(13-16)20-19(21(27)14-3-5-15(6-4-14)25(30)31)22(28)23(29)24(20)9-11-34-12-10-26/h3-8,13,20,26-27H,9-12H2,1-2H3/b21-19+. The van der Waals surface area contributed by atoms with E-state index in [-0.39, 0.29) is 43.2 Å². The third kappa shape index (κ3) is 4.85. The van der Waals surface area contributed by atoms with Crippen molar-refractivity contribution in [3.8, 4) is 11.5 Å². The summed E-state index contributed by atoms with van der Waals surface area (Å²) in [5.41, 5.74) is 0.135. The van der Waals surface area contributed by atoms with Crippen molar-refractivity contribution < 1.29 is 38.9 Å². The molecule has 11 nitrogen and oxygen atoms in total. The summed E-state index contributed by atoms with van der Waals surface area (Å²) in [5, 5.41) is 31.0. The SMILES string of the molecule is COc1ccc(OC)c(C2/C(=C(\O)c3ccc([N+](=O)[O-])cc3)C(=O)C(=O)N2CCOCCO)c1. The second-order valence-electron chi connectivity index (χ2n) is 7.24. The van der Waals surface area contributed by atoms with Crippen LogP contribution in [0.25, 0.3) is 5.76 Å². The molecule has 1 atom stereocenters. The van der Waals surface area contributed by atoms with E-state index in [0.29, 0.717) is 17.1 Å². The van der Waals surface area contributed by atoms with E-state index in [1.807, 2.05) is 0 Å². The molecule has 0 bridgehead atoms. The summed E-state index contributed by atoms with van der Waals surface area (Å²) in [6.07, 6.45) is 0. The molecule has 1 heterocycles. The number of carbonyl (C=O) groups is 2. The number of benzene rings is 2. The minimum absolute atomic E-state index is 0.00730. The van der Waals surface area contributed by atoms with E-state index in [0.717, 1.165) is 0 Å². The summed E-state index contributed by atoms with van der Waals surface area (Å²) >= 11 is 0. The first-order valence-corrected chi connectivity index (χ1v) is 10.3. The molecule has 1 unspecified atom stereocenters. The number of carbonyl (C=O) groups excluding carboxylic acids is 2. The number of aliphatic hydroxyl groups is 2. The van der Waals surface area contributed by atoms with Crippen molar-refractivity contribution in [2.75, 3.05) is 40.6 Å². The van der Waals surface area contributed by atoms with E-state index in [2.05, 4.69) is 0 Å². The third-order valence-corrected chi connectivity index (χ3v) is 5.34. The predicted molar refractivity (Wildman–Crippen MR) is 120 cm³/mol. The molecule has 1 saturated heterocycles. The van der Waals surface area contributed by atoms with E-state index < -0.39 is 28.4 Å². The van der Waals surface area contributed by atoms with E-state index in [4.69, 9.17) is 19.3 Å². The number of likely N-dealkylation sites (tertiary alicyclic amines) is 1. The largest absolute Gasteiger partial charge is 0.507 e. The first-order chi connectivity index (χ1) is 16.3. The van der Waals surface area contributed by atoms with Crippen LogP contribution in [0.4, 0.5) is 5.69 Å². The van der Waals surface area contributed by atoms with Gasteiger partial charge in [-0.15, -0.1) is 0 Å². The highest BCUT2D eigenvalue weighted by molar-refractivity contribution is 6.46. The number of nitro groups is 1. The highest BCUT2D eigenvalue weighted by Gasteiger charge is 2.47. The van der Waals surface area contributed by atoms with Crippen molar-refractivity contribution >= 4 is 23.1 Å². The predicted octanol–water partition coefficient (Wildman–Crippen LogP) is 2.04. The molecular formula is C23H24N2O9. The van der Waals surface area contributed by atoms with Crippen LogP contribution in [-0.2, 0) is 14.3 Å². The van der Waals surface area contributed by atoms with Gasteiger partial charge < -0.3 is 29.3 Å². The van der Waals surface area contributed by atoms with Gasteiger partial charge in [0.2, 0.25) is 0 Å². The molecule has 2 aromatic carbocycles. The van der Waals surface area contributed by atoms with Gasteiger partial charge in [-0.25, -0.2) is 0 Å². The second-order valence-corrected chi connectivity index (χ2v) is 7.24. The number of methoxy groups -OCH3 is 2. The molecular weight excluding hydrogens is 448 g/mol. The van der Waals surface area contributed by atoms with Crippen LogP contribution in [0.3, 0.4) is 0 Å². The van der Waals surface area contributed by atoms with Gasteiger partial charge in [-0.05, 0) is 30.3 Å². The molecule has 0 radical (unpaired) electrons. The molecule has 0 spiro atoms. The first-order valence-electron chi connectivity index (χ1n) is 10.3. The van der Waals surface area contributed by atoms with E-state index in [1.165, 1.54) is 43.4 Å². The normalized spacial score (nSPS) is 17.1. The number of rotatable bonds is 10. The maximum absolute atomic E-state index is 13.1. The molecule has 0 aliphatic carbocycles. The number of hydrogen-bond donors (Lipinski definition) is 2. The summed E-state index contributed by atoms with van der Waals surface area (Å²) in [7, 11) is 2.89. The lowest BCUT2D eigenvalue weighted by Crippen LogP contribution is -2.33. The van der Waals surface area contributed by atoms with Gasteiger partial charge in [0.05, 0.1) is 50.6 Å². The van der Waals surface area contributed by atoms with Crippen molar-refractivity contribution in [3.05, 3.63) is 69.3 Å². The molecule has 1 aliphatic heterocycles. The molecule has 11 heteroatoms. The van der Waals surface area contributed by atoms with E-state index in [9.17, 15) is 24.8 Å². The number of ketones is 1. The average Bonchev–Trinajstić information content (AvgIpc) is 3.10. The quantitative estimate of drug-likeness (QED) is 0.132. The number of non-ortho nitro benzene ring substituents is 1. The Labute approximate surface area is 194 Å². The number of nitrogens with zero attached hydrogens (tertiary/aromatic N) is 2. The highest BCUT2D eigenvalue weighted by atomic mass is 16.6. The molecule has 1 amide bonds. The monoisotopic (exact) mass is 472 g/mol. The van der Waals surface area contributed by atoms with Gasteiger partial charge in [0.25, 0.3) is 17.4 Å². The van der Waals surface area contributed by atoms with E-state index in [1.54, 1.807) is 18.2 Å². The molecule has 2 aromatic rings. The van der Waals surface area contributed by atoms with Gasteiger partial charge in [0.15, 0.2) is 0 Å². The van der Waals surface area contributed by atoms with Crippen LogP contribution in [0.15, 0.2) is 48.0 Å². The Balaban J connectivity index is 2.16. The maximum Gasteiger partial charge on any atom is 0.295 e. The number of hydrogen-bond acceptors (Lipinski definition) is 9. The fraction of sp³-hybridized carbons (Fsp3) is 0.304. The summed E-state index contributed by atoms with van der Waals surface area (Å²) in [6.45, 7) is -0.119. The Hall–Kier alpha value is -3.96. The third-order valence-electron chi connectivity index (χ3n) is 5.34. The lowest BCUT2D eigenvalue weighted by Gasteiger charge is -2.26. The zero-order chi connectivity index (χ0) is 24.8. The summed E-state index contributed by atoms with van der Waals surface area (Å²) in [5.74, 6) is -1.47. The highest BCUT2D eigenvalue weighted by Crippen LogP contribution is 2.43. The Morgan fingerprint density at radius 3 is 2.38 bits per heavy atom. The topological polar surface area (TPSA) is 149 Å². The first kappa shape index (κ1) is 24.7. The average molecular weight is 472 g/mol. The Morgan fingerprint density at radius 2 is 1.79 bits per heavy atom. The zero-order valence-electron chi connectivity index (χ0n) is 18.6. The van der Waals surface area contributed by atoms with Crippen LogP contribution in [0.2, 0.25) is 0 Å². The lowest BCUT2D eigenvalue weighted by atomic mass is 9.94. The summed E-state index contributed by atoms with van der Waals surface area (Å²) in [6, 6.07) is 8.79. The van der Waals surface area contributed by atoms with Crippen molar-refractivity contribution in [1.29, 1.82) is 0 Å². The number of amides is 1. The molecule has 1 aliphatic rings. The Bertz CT molecular complexity index is 1110. The van der Waals surface area contributed by atoms with E-state index >= 15 is 0 Å². The van der Waals surface area contributed by atoms with Crippen LogP contribution in [-0.4, -0.2) is 72.3 Å². The van der Waals surface area contributed by atoms with Gasteiger partial charge in [-0.2, -0.15) is 0 Å². The molecule has 180 valence electrons. The minimum atomic E-state index is -1.04. The molecule has 2 N–H and O–H groups in total. The van der Waals surface area contributed by atoms with Crippen LogP contribution in [0, 0.1) is 10.1 Å². The smallest absolute Gasteiger partial charge is 0.295 e. The van der Waals surface area contributed by atoms with Crippen molar-refractivity contribution in [2.24, 2.45) is 0 Å². The number of nitro benzene ring substituents is 1. The van der Waals surface area contributed by atoms with Crippen LogP contribution >= 0.6 is 0 Å². The summed E-state index contributed by atoms with van der Waals surface area (Å²) < 4.78 is 16.0. The number of aliphatic hydroxyl groups excluding tert-OH is 2. The molecule has 1 fully saturated rings. The molecule has 0 aromatic heterocycles. The maximum atomic E-state index is 13.1. The number of Topliss-reactive ketones (excluding diaryl/α,β-unsaturated/α-hetero) is 1. The van der Waals surface area contributed by atoms with Crippen LogP contribution in [0.1, 0.15) is 17.2 Å². The van der Waals surface area contributed by atoms with Gasteiger partial charge in [0, 0.05) is 29.8 Å². The fourth-order valence-electron chi connectivity index (χ4n) is 3.71. The van der Waals surface area contributed by atoms with Crippen molar-refractivity contribution in [3.63, 3.8) is 0 Å². The van der Waals surface area contributed by atoms with Gasteiger partial charge >= 0.3 is 0 Å². The van der Waals surface area contributed by atoms with Gasteiger partial charge in [-0.1, -0.05) is 0 Å². The second kappa shape index (κ2) is 10.8. The molecule has 0 saturated carbocycles. The molecule has 34 heavy (non-hydrogen) atoms. The lowest BCUT2D eigenvalue weighted by molar-refractivity contribution is -0.384. The summed E-state index contributed by atoms with van der Waals surface area (Å²) in [4.78, 5) is 37.6. The fourth-order valence-corrected chi connectivity index (χ4v) is 3.71. The Kier molecular flexibility index (Phi) is 7.82. The number of ether oxygens (including phenoxy) is 3. The minimum Gasteiger partial charge on any atom is -0.507 e. The Morgan fingerprint density at radius 1 is 1.09 bits per heavy atom. The molecule has 3 rings (SSSR count). The zero-order valence-corrected chi connectivity index (χ0v) is 18.6. The van der Waals surface area contributed by atoms with Crippen molar-refractivity contribution in [1.82, 2.24) is 4.90 Å². The van der Waals surface area contributed by atoms with Gasteiger partial charge in [-0.3, -0.25) is 19.7 Å². The van der Waals surface area contributed by atoms with Crippen LogP contribution in [0.5, 0.6) is 11.5 Å².